The molecule has 0 radical (unpaired) electrons. The van der Waals surface area contributed by atoms with Gasteiger partial charge in [-0.15, -0.1) is 0 Å². The van der Waals surface area contributed by atoms with E-state index in [-0.39, 0.29) is 50.1 Å². The summed E-state index contributed by atoms with van der Waals surface area (Å²) in [5, 5.41) is 11.4. The van der Waals surface area contributed by atoms with Crippen LogP contribution in [0.25, 0.3) is 0 Å². The first-order valence-corrected chi connectivity index (χ1v) is 16.4. The third kappa shape index (κ3) is 11.7. The van der Waals surface area contributed by atoms with Crippen LogP contribution in [0.1, 0.15) is 52.7 Å². The van der Waals surface area contributed by atoms with E-state index in [0.29, 0.717) is 12.8 Å². The van der Waals surface area contributed by atoms with Crippen LogP contribution in [0.15, 0.2) is 48.5 Å². The molecule has 0 spiro atoms. The van der Waals surface area contributed by atoms with Gasteiger partial charge >= 0.3 is 262 Å². The zero-order valence-electron chi connectivity index (χ0n) is 24.5. The Labute approximate surface area is 260 Å². The molecule has 4 N–H and O–H groups in total. The van der Waals surface area contributed by atoms with Gasteiger partial charge in [-0.3, -0.25) is 0 Å². The molecule has 0 aromatic heterocycles. The quantitative estimate of drug-likeness (QED) is 0.134. The average Bonchev–Trinajstić information content (AvgIpc) is 2.86. The fourth-order valence-electron chi connectivity index (χ4n) is 4.38. The average molecular weight is 666 g/mol. The van der Waals surface area contributed by atoms with E-state index in [0.717, 1.165) is 11.1 Å². The Morgan fingerprint density at radius 1 is 0.683 bits per heavy atom. The van der Waals surface area contributed by atoms with Gasteiger partial charge in [0.25, 0.3) is 0 Å². The first-order chi connectivity index (χ1) is 19.2. The molecule has 0 fully saturated rings. The zero-order valence-corrected chi connectivity index (χ0v) is 28.0. The van der Waals surface area contributed by atoms with Gasteiger partial charge in [0, 0.05) is 0 Å². The molecule has 2 rings (SSSR count). The first kappa shape index (κ1) is 34.7. The summed E-state index contributed by atoms with van der Waals surface area (Å²) in [5.74, 6) is -0.677. The number of rotatable bonds is 14. The molecule has 0 saturated carbocycles. The zero-order chi connectivity index (χ0) is 30.8. The fraction of sp³-hybridized carbons (Fsp3) is 0.467. The van der Waals surface area contributed by atoms with Crippen molar-refractivity contribution in [2.45, 2.75) is 77.5 Å². The molecule has 0 aliphatic carbocycles. The standard InChI is InChI=1S/C30H42N4O4S2Se/c1-19(35)31-23(17-39)27(37)33-29(3,4)15-21-11-7-9-13-25(21)41-26-14-10-8-12-22(26)16-30(5,6)34-28(38)24(18-40)32-20(2)36/h7-14,23-24,39-40H,15-18H2,1-6H3,(H,31,35)(H,32,36)(H,33,37)(H,34,38)/t23-,24-/m0/s1. The maximum atomic E-state index is 12.8. The summed E-state index contributed by atoms with van der Waals surface area (Å²) in [4.78, 5) is 48.6. The SMILES string of the molecule is CC(=O)N[C@@H](CS)C(=O)NC(C)(C)Cc1ccccc1[Se]c1ccccc1CC(C)(C)NC(=O)[C@H](CS)NC(C)=O. The van der Waals surface area contributed by atoms with Crippen molar-refractivity contribution in [1.29, 1.82) is 0 Å². The van der Waals surface area contributed by atoms with Crippen molar-refractivity contribution in [1.82, 2.24) is 21.3 Å². The van der Waals surface area contributed by atoms with Gasteiger partial charge in [-0.25, -0.2) is 0 Å². The van der Waals surface area contributed by atoms with E-state index in [1.54, 1.807) is 0 Å². The first-order valence-electron chi connectivity index (χ1n) is 13.4. The minimum atomic E-state index is -0.702. The topological polar surface area (TPSA) is 116 Å². The fourth-order valence-corrected chi connectivity index (χ4v) is 7.14. The third-order valence-corrected chi connectivity index (χ3v) is 9.43. The van der Waals surface area contributed by atoms with Crippen LogP contribution in [-0.2, 0) is 32.0 Å². The molecule has 2 aromatic carbocycles. The molecular weight excluding hydrogens is 623 g/mol. The predicted molar refractivity (Wildman–Crippen MR) is 173 cm³/mol. The summed E-state index contributed by atoms with van der Waals surface area (Å²) in [6.07, 6.45) is 1.21. The number of hydrogen-bond acceptors (Lipinski definition) is 6. The third-order valence-electron chi connectivity index (χ3n) is 6.11. The van der Waals surface area contributed by atoms with Crippen LogP contribution in [0.4, 0.5) is 0 Å². The summed E-state index contributed by atoms with van der Waals surface area (Å²) >= 11 is 8.40. The van der Waals surface area contributed by atoms with Gasteiger partial charge in [0.15, 0.2) is 0 Å². The maximum absolute atomic E-state index is 12.8. The molecule has 0 aliphatic heterocycles. The second kappa shape index (κ2) is 15.7. The van der Waals surface area contributed by atoms with E-state index in [1.165, 1.54) is 22.8 Å². The number of nitrogens with one attached hydrogen (secondary N) is 4. The number of benzene rings is 2. The van der Waals surface area contributed by atoms with E-state index in [9.17, 15) is 19.2 Å². The molecule has 8 nitrogen and oxygen atoms in total. The molecule has 2 aromatic rings. The second-order valence-electron chi connectivity index (χ2n) is 11.3. The summed E-state index contributed by atoms with van der Waals surface area (Å²) in [5.41, 5.74) is 1.14. The van der Waals surface area contributed by atoms with Crippen LogP contribution in [0.3, 0.4) is 0 Å². The van der Waals surface area contributed by atoms with Gasteiger partial charge in [0.1, 0.15) is 0 Å². The van der Waals surface area contributed by atoms with Gasteiger partial charge in [-0.05, 0) is 0 Å². The van der Waals surface area contributed by atoms with Crippen molar-refractivity contribution in [2.24, 2.45) is 0 Å². The summed E-state index contributed by atoms with van der Waals surface area (Å²) in [6, 6.07) is 15.0. The summed E-state index contributed by atoms with van der Waals surface area (Å²) in [6.45, 7) is 10.6. The monoisotopic (exact) mass is 666 g/mol. The molecule has 4 amide bonds. The van der Waals surface area contributed by atoms with Crippen molar-refractivity contribution in [2.75, 3.05) is 11.5 Å². The van der Waals surface area contributed by atoms with Crippen LogP contribution >= 0.6 is 25.3 Å². The van der Waals surface area contributed by atoms with E-state index in [2.05, 4.69) is 70.8 Å². The van der Waals surface area contributed by atoms with Crippen molar-refractivity contribution < 1.29 is 19.2 Å². The van der Waals surface area contributed by atoms with Gasteiger partial charge in [-0.2, -0.15) is 0 Å². The Morgan fingerprint density at radius 3 is 1.34 bits per heavy atom. The number of hydrogen-bond donors (Lipinski definition) is 6. The summed E-state index contributed by atoms with van der Waals surface area (Å²) in [7, 11) is 0. The van der Waals surface area contributed by atoms with Crippen molar-refractivity contribution >= 4 is 72.8 Å². The van der Waals surface area contributed by atoms with Gasteiger partial charge in [-0.1, -0.05) is 0 Å². The molecule has 0 unspecified atom stereocenters. The number of carbonyl (C=O) groups is 4. The Balaban J connectivity index is 2.21. The van der Waals surface area contributed by atoms with E-state index in [4.69, 9.17) is 0 Å². The second-order valence-corrected chi connectivity index (χ2v) is 14.3. The minimum absolute atomic E-state index is 0.0407. The number of amides is 4. The predicted octanol–water partition coefficient (Wildman–Crippen LogP) is 1.09. The van der Waals surface area contributed by atoms with Crippen molar-refractivity contribution in [3.8, 4) is 0 Å². The molecule has 0 bridgehead atoms. The van der Waals surface area contributed by atoms with E-state index >= 15 is 0 Å². The molecule has 2 atom stereocenters. The normalized spacial score (nSPS) is 13.1. The Kier molecular flexibility index (Phi) is 13.3. The van der Waals surface area contributed by atoms with Crippen LogP contribution in [0.5, 0.6) is 0 Å². The molecule has 41 heavy (non-hydrogen) atoms. The van der Waals surface area contributed by atoms with Crippen LogP contribution < -0.4 is 30.2 Å². The molecule has 11 heteroatoms. The van der Waals surface area contributed by atoms with Crippen LogP contribution in [0, 0.1) is 0 Å². The van der Waals surface area contributed by atoms with Crippen molar-refractivity contribution in [3.05, 3.63) is 59.7 Å². The van der Waals surface area contributed by atoms with Gasteiger partial charge < -0.3 is 0 Å². The molecule has 224 valence electrons. The Morgan fingerprint density at radius 2 is 1.02 bits per heavy atom. The molecule has 0 heterocycles. The van der Waals surface area contributed by atoms with Crippen LogP contribution in [-0.4, -0.2) is 73.3 Å². The Hall–Kier alpha value is -2.46. The van der Waals surface area contributed by atoms with E-state index in [1.807, 2.05) is 52.0 Å². The molecule has 0 saturated heterocycles. The van der Waals surface area contributed by atoms with Gasteiger partial charge in [0.05, 0.1) is 0 Å². The molecule has 0 aliphatic rings. The Bertz CT molecular complexity index is 1140. The van der Waals surface area contributed by atoms with Crippen molar-refractivity contribution in [3.63, 3.8) is 0 Å². The van der Waals surface area contributed by atoms with Crippen LogP contribution in [0.2, 0.25) is 0 Å². The summed E-state index contributed by atoms with van der Waals surface area (Å²) < 4.78 is 2.40. The van der Waals surface area contributed by atoms with E-state index < -0.39 is 23.2 Å². The van der Waals surface area contributed by atoms with Gasteiger partial charge in [0.2, 0.25) is 0 Å². The number of carbonyl (C=O) groups excluding carboxylic acids is 4. The molecular formula is C30H42N4O4S2Se. The number of thiol groups is 2.